The third-order valence-electron chi connectivity index (χ3n) is 4.23. The summed E-state index contributed by atoms with van der Waals surface area (Å²) in [6.07, 6.45) is 0.761. The minimum Gasteiger partial charge on any atom is -0.465 e. The zero-order chi connectivity index (χ0) is 20.8. The minimum absolute atomic E-state index is 0.170. The quantitative estimate of drug-likeness (QED) is 0.539. The SMILES string of the molecule is CCCN(Cc1nnc(-c2ccccc2Cl)o1)C(=O)c1ccc(C(=O)OC)cc1. The van der Waals surface area contributed by atoms with Crippen LogP contribution >= 0.6 is 11.6 Å². The van der Waals surface area contributed by atoms with E-state index in [1.165, 1.54) is 7.11 Å². The normalized spacial score (nSPS) is 10.6. The number of hydrogen-bond donors (Lipinski definition) is 0. The molecule has 1 aromatic heterocycles. The fourth-order valence-corrected chi connectivity index (χ4v) is 3.01. The van der Waals surface area contributed by atoms with Crippen LogP contribution in [-0.2, 0) is 11.3 Å². The van der Waals surface area contributed by atoms with Crippen molar-refractivity contribution in [3.05, 3.63) is 70.6 Å². The van der Waals surface area contributed by atoms with Crippen LogP contribution in [-0.4, -0.2) is 40.6 Å². The minimum atomic E-state index is -0.452. The summed E-state index contributed by atoms with van der Waals surface area (Å²) >= 11 is 6.17. The first-order valence-electron chi connectivity index (χ1n) is 9.08. The highest BCUT2D eigenvalue weighted by molar-refractivity contribution is 6.33. The first-order chi connectivity index (χ1) is 14.0. The number of esters is 1. The first kappa shape index (κ1) is 20.5. The second kappa shape index (κ2) is 9.34. The molecule has 3 aromatic rings. The summed E-state index contributed by atoms with van der Waals surface area (Å²) < 4.78 is 10.4. The molecule has 1 amide bonds. The second-order valence-corrected chi connectivity index (χ2v) is 6.68. The van der Waals surface area contributed by atoms with E-state index in [2.05, 4.69) is 14.9 Å². The van der Waals surface area contributed by atoms with Gasteiger partial charge in [-0.25, -0.2) is 4.79 Å². The van der Waals surface area contributed by atoms with Crippen LogP contribution in [0.1, 0.15) is 40.0 Å². The molecule has 3 rings (SSSR count). The van der Waals surface area contributed by atoms with Gasteiger partial charge in [-0.2, -0.15) is 0 Å². The molecule has 0 N–H and O–H groups in total. The number of halogens is 1. The third kappa shape index (κ3) is 4.81. The van der Waals surface area contributed by atoms with Crippen molar-refractivity contribution in [1.82, 2.24) is 15.1 Å². The van der Waals surface area contributed by atoms with E-state index in [0.717, 1.165) is 6.42 Å². The van der Waals surface area contributed by atoms with E-state index in [1.807, 2.05) is 19.1 Å². The number of carbonyl (C=O) groups excluding carboxylic acids is 2. The van der Waals surface area contributed by atoms with Crippen molar-refractivity contribution in [1.29, 1.82) is 0 Å². The van der Waals surface area contributed by atoms with Crippen molar-refractivity contribution in [3.63, 3.8) is 0 Å². The number of aromatic nitrogens is 2. The van der Waals surface area contributed by atoms with Gasteiger partial charge in [0.25, 0.3) is 5.91 Å². The summed E-state index contributed by atoms with van der Waals surface area (Å²) in [7, 11) is 1.31. The number of ether oxygens (including phenoxy) is 1. The number of carbonyl (C=O) groups is 2. The Morgan fingerprint density at radius 3 is 2.41 bits per heavy atom. The Morgan fingerprint density at radius 1 is 1.07 bits per heavy atom. The summed E-state index contributed by atoms with van der Waals surface area (Å²) in [5, 5.41) is 8.60. The average Bonchev–Trinajstić information content (AvgIpc) is 3.21. The maximum Gasteiger partial charge on any atom is 0.337 e. The predicted molar refractivity (Wildman–Crippen MR) is 108 cm³/mol. The summed E-state index contributed by atoms with van der Waals surface area (Å²) in [6, 6.07) is 13.5. The van der Waals surface area contributed by atoms with Gasteiger partial charge in [0.05, 0.1) is 29.8 Å². The number of nitrogens with zero attached hydrogens (tertiary/aromatic N) is 3. The van der Waals surface area contributed by atoms with Crippen molar-refractivity contribution in [3.8, 4) is 11.5 Å². The molecular weight excluding hydrogens is 394 g/mol. The maximum atomic E-state index is 12.9. The highest BCUT2D eigenvalue weighted by Crippen LogP contribution is 2.26. The molecule has 150 valence electrons. The van der Waals surface area contributed by atoms with Crippen LogP contribution in [0.4, 0.5) is 0 Å². The zero-order valence-corrected chi connectivity index (χ0v) is 16.8. The van der Waals surface area contributed by atoms with E-state index in [4.69, 9.17) is 16.0 Å². The van der Waals surface area contributed by atoms with Gasteiger partial charge in [0.1, 0.15) is 0 Å². The van der Waals surface area contributed by atoms with Crippen LogP contribution in [0.15, 0.2) is 52.9 Å². The molecule has 0 fully saturated rings. The molecule has 8 heteroatoms. The predicted octanol–water partition coefficient (Wildman–Crippen LogP) is 4.23. The maximum absolute atomic E-state index is 12.9. The van der Waals surface area contributed by atoms with E-state index >= 15 is 0 Å². The van der Waals surface area contributed by atoms with Gasteiger partial charge in [-0.3, -0.25) is 4.79 Å². The van der Waals surface area contributed by atoms with Gasteiger partial charge in [0.15, 0.2) is 0 Å². The van der Waals surface area contributed by atoms with E-state index < -0.39 is 5.97 Å². The Morgan fingerprint density at radius 2 is 1.76 bits per heavy atom. The van der Waals surface area contributed by atoms with Gasteiger partial charge in [0.2, 0.25) is 11.8 Å². The largest absolute Gasteiger partial charge is 0.465 e. The summed E-state index contributed by atoms with van der Waals surface area (Å²) in [5.41, 5.74) is 1.48. The molecule has 2 aromatic carbocycles. The smallest absolute Gasteiger partial charge is 0.337 e. The number of rotatable bonds is 7. The molecule has 0 saturated heterocycles. The molecule has 0 atom stereocenters. The van der Waals surface area contributed by atoms with Crippen LogP contribution in [0, 0.1) is 0 Å². The highest BCUT2D eigenvalue weighted by Gasteiger charge is 2.20. The van der Waals surface area contributed by atoms with Gasteiger partial charge in [0, 0.05) is 12.1 Å². The lowest BCUT2D eigenvalue weighted by Gasteiger charge is -2.20. The number of methoxy groups -OCH3 is 1. The van der Waals surface area contributed by atoms with Gasteiger partial charge < -0.3 is 14.1 Å². The monoisotopic (exact) mass is 413 g/mol. The second-order valence-electron chi connectivity index (χ2n) is 6.28. The molecule has 0 aliphatic heterocycles. The van der Waals surface area contributed by atoms with Crippen molar-refractivity contribution in [2.24, 2.45) is 0 Å². The fourth-order valence-electron chi connectivity index (χ4n) is 2.80. The van der Waals surface area contributed by atoms with Crippen molar-refractivity contribution in [2.45, 2.75) is 19.9 Å². The molecule has 0 aliphatic carbocycles. The summed E-state index contributed by atoms with van der Waals surface area (Å²) in [6.45, 7) is 2.66. The number of hydrogen-bond acceptors (Lipinski definition) is 6. The highest BCUT2D eigenvalue weighted by atomic mass is 35.5. The molecular formula is C21H20ClN3O4. The van der Waals surface area contributed by atoms with Gasteiger partial charge in [-0.05, 0) is 42.8 Å². The Balaban J connectivity index is 1.77. The Labute approximate surface area is 173 Å². The molecule has 0 bridgehead atoms. The number of amides is 1. The topological polar surface area (TPSA) is 85.5 Å². The average molecular weight is 414 g/mol. The van der Waals surface area contributed by atoms with Crippen LogP contribution in [0.3, 0.4) is 0 Å². The van der Waals surface area contributed by atoms with Crippen LogP contribution < -0.4 is 0 Å². The van der Waals surface area contributed by atoms with E-state index in [1.54, 1.807) is 41.3 Å². The number of benzene rings is 2. The summed E-state index contributed by atoms with van der Waals surface area (Å²) in [4.78, 5) is 26.1. The first-order valence-corrected chi connectivity index (χ1v) is 9.46. The lowest BCUT2D eigenvalue weighted by molar-refractivity contribution is 0.0599. The van der Waals surface area contributed by atoms with Crippen LogP contribution in [0.2, 0.25) is 5.02 Å². The lowest BCUT2D eigenvalue weighted by Crippen LogP contribution is -2.31. The molecule has 0 saturated carbocycles. The molecule has 0 radical (unpaired) electrons. The van der Waals surface area contributed by atoms with Gasteiger partial charge in [-0.15, -0.1) is 10.2 Å². The molecule has 0 unspecified atom stereocenters. The zero-order valence-electron chi connectivity index (χ0n) is 16.1. The molecule has 1 heterocycles. The Hall–Kier alpha value is -3.19. The third-order valence-corrected chi connectivity index (χ3v) is 4.56. The van der Waals surface area contributed by atoms with Crippen molar-refractivity contribution < 1.29 is 18.7 Å². The molecule has 0 aliphatic rings. The van der Waals surface area contributed by atoms with E-state index in [9.17, 15) is 9.59 Å². The van der Waals surface area contributed by atoms with E-state index in [-0.39, 0.29) is 12.5 Å². The Bertz CT molecular complexity index is 1000. The summed E-state index contributed by atoms with van der Waals surface area (Å²) in [5.74, 6) is -0.0297. The van der Waals surface area contributed by atoms with Crippen LogP contribution in [0.25, 0.3) is 11.5 Å². The van der Waals surface area contributed by atoms with Crippen molar-refractivity contribution in [2.75, 3.05) is 13.7 Å². The molecule has 0 spiro atoms. The van der Waals surface area contributed by atoms with E-state index in [0.29, 0.717) is 40.0 Å². The molecule has 7 nitrogen and oxygen atoms in total. The standard InChI is InChI=1S/C21H20ClN3O4/c1-3-12-25(20(26)14-8-10-15(11-9-14)21(27)28-2)13-18-23-24-19(29-18)16-6-4-5-7-17(16)22/h4-11H,3,12-13H2,1-2H3. The fraction of sp³-hybridized carbons (Fsp3) is 0.238. The molecule has 29 heavy (non-hydrogen) atoms. The van der Waals surface area contributed by atoms with Gasteiger partial charge in [-0.1, -0.05) is 30.7 Å². The Kier molecular flexibility index (Phi) is 6.61. The van der Waals surface area contributed by atoms with Crippen molar-refractivity contribution >= 4 is 23.5 Å². The van der Waals surface area contributed by atoms with Crippen LogP contribution in [0.5, 0.6) is 0 Å². The van der Waals surface area contributed by atoms with Gasteiger partial charge >= 0.3 is 5.97 Å². The lowest BCUT2D eigenvalue weighted by atomic mass is 10.1.